The normalized spacial score (nSPS) is 10.3. The summed E-state index contributed by atoms with van der Waals surface area (Å²) in [7, 11) is 1.51. The van der Waals surface area contributed by atoms with Crippen molar-refractivity contribution in [3.63, 3.8) is 0 Å². The number of hydrogen-bond acceptors (Lipinski definition) is 3. The molecule has 0 aromatic heterocycles. The quantitative estimate of drug-likeness (QED) is 0.885. The molecular weight excluding hydrogens is 245 g/mol. The lowest BCUT2D eigenvalue weighted by Gasteiger charge is -2.11. The second kappa shape index (κ2) is 5.61. The minimum Gasteiger partial charge on any atom is -0.504 e. The molecule has 100 valence electrons. The van der Waals surface area contributed by atoms with Crippen LogP contribution in [0.15, 0.2) is 36.4 Å². The summed E-state index contributed by atoms with van der Waals surface area (Å²) in [5, 5.41) is 12.7. The van der Waals surface area contributed by atoms with Crippen LogP contribution in [0.1, 0.15) is 11.1 Å². The van der Waals surface area contributed by atoms with Gasteiger partial charge in [0.1, 0.15) is 5.82 Å². The van der Waals surface area contributed by atoms with Crippen LogP contribution < -0.4 is 10.1 Å². The van der Waals surface area contributed by atoms with Gasteiger partial charge in [-0.3, -0.25) is 0 Å². The summed E-state index contributed by atoms with van der Waals surface area (Å²) < 4.78 is 18.0. The number of aromatic hydroxyl groups is 1. The summed E-state index contributed by atoms with van der Waals surface area (Å²) in [6.45, 7) is 2.42. The number of rotatable bonds is 4. The Labute approximate surface area is 111 Å². The average Bonchev–Trinajstić information content (AvgIpc) is 2.39. The molecule has 2 rings (SSSR count). The van der Waals surface area contributed by atoms with Crippen molar-refractivity contribution in [2.24, 2.45) is 0 Å². The van der Waals surface area contributed by atoms with Gasteiger partial charge in [-0.2, -0.15) is 0 Å². The standard InChI is InChI=1S/C15H16FNO2/c1-10-7-12(16)4-5-13(10)17-9-11-3-6-14(18)15(8-11)19-2/h3-8,17-18H,9H2,1-2H3. The minimum absolute atomic E-state index is 0.115. The average molecular weight is 261 g/mol. The molecule has 0 aliphatic carbocycles. The smallest absolute Gasteiger partial charge is 0.160 e. The maximum absolute atomic E-state index is 13.0. The van der Waals surface area contributed by atoms with Crippen LogP contribution in [0.5, 0.6) is 11.5 Å². The molecule has 0 saturated heterocycles. The number of phenols is 1. The molecule has 0 fully saturated rings. The van der Waals surface area contributed by atoms with E-state index in [-0.39, 0.29) is 11.6 Å². The molecule has 3 nitrogen and oxygen atoms in total. The highest BCUT2D eigenvalue weighted by atomic mass is 19.1. The molecule has 0 atom stereocenters. The zero-order valence-electron chi connectivity index (χ0n) is 10.9. The Morgan fingerprint density at radius 1 is 1.21 bits per heavy atom. The molecule has 0 aliphatic rings. The van der Waals surface area contributed by atoms with Crippen molar-refractivity contribution in [1.82, 2.24) is 0 Å². The molecule has 4 heteroatoms. The number of aryl methyl sites for hydroxylation is 1. The number of halogens is 1. The first-order valence-electron chi connectivity index (χ1n) is 5.96. The summed E-state index contributed by atoms with van der Waals surface area (Å²) in [6, 6.07) is 9.78. The molecule has 2 N–H and O–H groups in total. The van der Waals surface area contributed by atoms with Gasteiger partial charge >= 0.3 is 0 Å². The minimum atomic E-state index is -0.241. The Morgan fingerprint density at radius 2 is 2.00 bits per heavy atom. The zero-order valence-corrected chi connectivity index (χ0v) is 10.9. The summed E-state index contributed by atoms with van der Waals surface area (Å²) >= 11 is 0. The van der Waals surface area contributed by atoms with Crippen LogP contribution in [0.4, 0.5) is 10.1 Å². The molecule has 0 unspecified atom stereocenters. The molecule has 0 amide bonds. The Balaban J connectivity index is 2.10. The highest BCUT2D eigenvalue weighted by molar-refractivity contribution is 5.51. The third-order valence-electron chi connectivity index (χ3n) is 2.92. The fourth-order valence-corrected chi connectivity index (χ4v) is 1.85. The van der Waals surface area contributed by atoms with Crippen LogP contribution in [0.3, 0.4) is 0 Å². The molecule has 0 spiro atoms. The Kier molecular flexibility index (Phi) is 3.90. The number of benzene rings is 2. The van der Waals surface area contributed by atoms with Gasteiger partial charge in [-0.05, 0) is 48.4 Å². The molecule has 0 radical (unpaired) electrons. The van der Waals surface area contributed by atoms with Crippen LogP contribution in [0.25, 0.3) is 0 Å². The second-order valence-corrected chi connectivity index (χ2v) is 4.32. The highest BCUT2D eigenvalue weighted by Crippen LogP contribution is 2.26. The van der Waals surface area contributed by atoms with Crippen LogP contribution in [-0.4, -0.2) is 12.2 Å². The van der Waals surface area contributed by atoms with E-state index in [1.165, 1.54) is 19.2 Å². The van der Waals surface area contributed by atoms with Crippen molar-refractivity contribution in [2.75, 3.05) is 12.4 Å². The monoisotopic (exact) mass is 261 g/mol. The SMILES string of the molecule is COc1cc(CNc2ccc(F)cc2C)ccc1O. The fraction of sp³-hybridized carbons (Fsp3) is 0.200. The zero-order chi connectivity index (χ0) is 13.8. The van der Waals surface area contributed by atoms with Gasteiger partial charge < -0.3 is 15.2 Å². The van der Waals surface area contributed by atoms with Gasteiger partial charge in [0, 0.05) is 12.2 Å². The van der Waals surface area contributed by atoms with E-state index in [0.717, 1.165) is 16.8 Å². The van der Waals surface area contributed by atoms with Crippen molar-refractivity contribution >= 4 is 5.69 Å². The molecule has 2 aromatic rings. The Hall–Kier alpha value is -2.23. The largest absolute Gasteiger partial charge is 0.504 e. The van der Waals surface area contributed by atoms with E-state index in [0.29, 0.717) is 12.3 Å². The first-order chi connectivity index (χ1) is 9.10. The maximum atomic E-state index is 13.0. The predicted molar refractivity (Wildman–Crippen MR) is 73.1 cm³/mol. The fourth-order valence-electron chi connectivity index (χ4n) is 1.85. The summed E-state index contributed by atoms with van der Waals surface area (Å²) in [6.07, 6.45) is 0. The van der Waals surface area contributed by atoms with E-state index in [9.17, 15) is 9.50 Å². The molecule has 2 aromatic carbocycles. The van der Waals surface area contributed by atoms with E-state index in [1.807, 2.05) is 13.0 Å². The molecule has 0 heterocycles. The number of hydrogen-bond donors (Lipinski definition) is 2. The number of phenolic OH excluding ortho intramolecular Hbond substituents is 1. The van der Waals surface area contributed by atoms with E-state index in [1.54, 1.807) is 18.2 Å². The molecule has 0 aliphatic heterocycles. The molecule has 0 saturated carbocycles. The van der Waals surface area contributed by atoms with Gasteiger partial charge in [-0.15, -0.1) is 0 Å². The van der Waals surface area contributed by atoms with Crippen molar-refractivity contribution in [1.29, 1.82) is 0 Å². The summed E-state index contributed by atoms with van der Waals surface area (Å²) in [4.78, 5) is 0. The topological polar surface area (TPSA) is 41.5 Å². The van der Waals surface area contributed by atoms with Crippen LogP contribution in [0.2, 0.25) is 0 Å². The number of methoxy groups -OCH3 is 1. The first kappa shape index (κ1) is 13.2. The van der Waals surface area contributed by atoms with Gasteiger partial charge in [0.05, 0.1) is 7.11 Å². The summed E-state index contributed by atoms with van der Waals surface area (Å²) in [5.74, 6) is 0.314. The molecule has 0 bridgehead atoms. The van der Waals surface area contributed by atoms with Gasteiger partial charge in [-0.25, -0.2) is 4.39 Å². The van der Waals surface area contributed by atoms with Crippen LogP contribution >= 0.6 is 0 Å². The Morgan fingerprint density at radius 3 is 2.68 bits per heavy atom. The van der Waals surface area contributed by atoms with Crippen LogP contribution in [0, 0.1) is 12.7 Å². The van der Waals surface area contributed by atoms with Crippen molar-refractivity contribution in [2.45, 2.75) is 13.5 Å². The molecule has 19 heavy (non-hydrogen) atoms. The van der Waals surface area contributed by atoms with E-state index >= 15 is 0 Å². The van der Waals surface area contributed by atoms with Gasteiger partial charge in [-0.1, -0.05) is 6.07 Å². The van der Waals surface area contributed by atoms with E-state index < -0.39 is 0 Å². The van der Waals surface area contributed by atoms with E-state index in [4.69, 9.17) is 4.74 Å². The van der Waals surface area contributed by atoms with Crippen LogP contribution in [-0.2, 0) is 6.54 Å². The third kappa shape index (κ3) is 3.16. The maximum Gasteiger partial charge on any atom is 0.160 e. The second-order valence-electron chi connectivity index (χ2n) is 4.32. The first-order valence-corrected chi connectivity index (χ1v) is 5.96. The molecular formula is C15H16FNO2. The lowest BCUT2D eigenvalue weighted by atomic mass is 10.1. The third-order valence-corrected chi connectivity index (χ3v) is 2.92. The number of ether oxygens (including phenoxy) is 1. The summed E-state index contributed by atoms with van der Waals surface area (Å²) in [5.41, 5.74) is 2.71. The van der Waals surface area contributed by atoms with Crippen molar-refractivity contribution in [3.8, 4) is 11.5 Å². The predicted octanol–water partition coefficient (Wildman–Crippen LogP) is 3.46. The van der Waals surface area contributed by atoms with Gasteiger partial charge in [0.2, 0.25) is 0 Å². The highest BCUT2D eigenvalue weighted by Gasteiger charge is 2.04. The van der Waals surface area contributed by atoms with E-state index in [2.05, 4.69) is 5.32 Å². The van der Waals surface area contributed by atoms with Gasteiger partial charge in [0.25, 0.3) is 0 Å². The van der Waals surface area contributed by atoms with Crippen molar-refractivity contribution < 1.29 is 14.2 Å². The lowest BCUT2D eigenvalue weighted by molar-refractivity contribution is 0.373. The number of anilines is 1. The lowest BCUT2D eigenvalue weighted by Crippen LogP contribution is -2.01. The number of nitrogens with one attached hydrogen (secondary N) is 1. The Bertz CT molecular complexity index is 584. The van der Waals surface area contributed by atoms with Gasteiger partial charge in [0.15, 0.2) is 11.5 Å². The van der Waals surface area contributed by atoms with Crippen molar-refractivity contribution in [3.05, 3.63) is 53.3 Å².